The highest BCUT2D eigenvalue weighted by atomic mass is 32.2. The van der Waals surface area contributed by atoms with Gasteiger partial charge in [-0.3, -0.25) is 9.59 Å². The quantitative estimate of drug-likeness (QED) is 0.803. The van der Waals surface area contributed by atoms with Crippen LogP contribution in [0.15, 0.2) is 18.3 Å². The Labute approximate surface area is 109 Å². The normalized spacial score (nSPS) is 18.8. The van der Waals surface area contributed by atoms with Gasteiger partial charge >= 0.3 is 0 Å². The first-order valence-corrected chi connectivity index (χ1v) is 6.32. The summed E-state index contributed by atoms with van der Waals surface area (Å²) in [7, 11) is 0. The van der Waals surface area contributed by atoms with Crippen LogP contribution < -0.4 is 4.90 Å². The molecule has 0 aromatic carbocycles. The molecule has 2 heterocycles. The van der Waals surface area contributed by atoms with E-state index in [0.29, 0.717) is 18.7 Å². The van der Waals surface area contributed by atoms with Crippen molar-refractivity contribution in [3.05, 3.63) is 24.0 Å². The Balaban J connectivity index is 2.16. The molecule has 5 nitrogen and oxygen atoms in total. The van der Waals surface area contributed by atoms with Gasteiger partial charge < -0.3 is 4.90 Å². The minimum atomic E-state index is -0.0242. The second kappa shape index (κ2) is 5.19. The molecule has 0 bridgehead atoms. The molecule has 1 amide bonds. The van der Waals surface area contributed by atoms with Gasteiger partial charge in [0, 0.05) is 37.0 Å². The first kappa shape index (κ1) is 12.6. The number of nitrogens with zero attached hydrogens (tertiary/aromatic N) is 3. The SMILES string of the molecule is CC(=O)SC1CC(=O)N(c2ccnc(C#N)c2)C1. The Morgan fingerprint density at radius 1 is 1.67 bits per heavy atom. The molecule has 1 unspecified atom stereocenters. The second-order valence-corrected chi connectivity index (χ2v) is 5.43. The third-order valence-corrected chi connectivity index (χ3v) is 3.57. The molecule has 1 aromatic rings. The third kappa shape index (κ3) is 2.68. The topological polar surface area (TPSA) is 74.1 Å². The fourth-order valence-electron chi connectivity index (χ4n) is 1.89. The van der Waals surface area contributed by atoms with Crippen LogP contribution in [-0.4, -0.2) is 27.8 Å². The predicted octanol–water partition coefficient (Wildman–Crippen LogP) is 1.34. The number of pyridine rings is 1. The van der Waals surface area contributed by atoms with Gasteiger partial charge in [-0.2, -0.15) is 5.26 Å². The van der Waals surface area contributed by atoms with E-state index in [1.165, 1.54) is 24.9 Å². The molecule has 0 N–H and O–H groups in total. The van der Waals surface area contributed by atoms with Gasteiger partial charge in [-0.15, -0.1) is 0 Å². The fraction of sp³-hybridized carbons (Fsp3) is 0.333. The van der Waals surface area contributed by atoms with Crippen molar-refractivity contribution in [3.8, 4) is 6.07 Å². The third-order valence-electron chi connectivity index (χ3n) is 2.59. The Morgan fingerprint density at radius 3 is 3.11 bits per heavy atom. The zero-order valence-corrected chi connectivity index (χ0v) is 10.6. The van der Waals surface area contributed by atoms with Crippen LogP contribution in [0.3, 0.4) is 0 Å². The molecule has 1 aliphatic rings. The van der Waals surface area contributed by atoms with E-state index in [2.05, 4.69) is 4.98 Å². The van der Waals surface area contributed by atoms with Crippen molar-refractivity contribution in [2.75, 3.05) is 11.4 Å². The molecule has 1 aromatic heterocycles. The standard InChI is InChI=1S/C12H11N3O2S/c1-8(16)18-11-5-12(17)15(7-11)10-2-3-14-9(4-10)6-13/h2-4,11H,5,7H2,1H3. The number of thioether (sulfide) groups is 1. The van der Waals surface area contributed by atoms with E-state index in [4.69, 9.17) is 5.26 Å². The van der Waals surface area contributed by atoms with Crippen LogP contribution in [0.2, 0.25) is 0 Å². The summed E-state index contributed by atoms with van der Waals surface area (Å²) >= 11 is 1.19. The number of hydrogen-bond acceptors (Lipinski definition) is 5. The Hall–Kier alpha value is -1.87. The monoisotopic (exact) mass is 261 g/mol. The minimum Gasteiger partial charge on any atom is -0.311 e. The summed E-state index contributed by atoms with van der Waals surface area (Å²) in [5, 5.41) is 8.79. The van der Waals surface area contributed by atoms with Crippen LogP contribution in [0.4, 0.5) is 5.69 Å². The van der Waals surface area contributed by atoms with Crippen LogP contribution in [0.25, 0.3) is 0 Å². The first-order chi connectivity index (χ1) is 8.60. The molecule has 1 aliphatic heterocycles. The molecule has 92 valence electrons. The number of anilines is 1. The fourth-order valence-corrected chi connectivity index (χ4v) is 2.81. The summed E-state index contributed by atoms with van der Waals surface area (Å²) in [5.74, 6) is -0.0242. The van der Waals surface area contributed by atoms with E-state index in [1.807, 2.05) is 6.07 Å². The lowest BCUT2D eigenvalue weighted by atomic mass is 10.3. The molecule has 2 rings (SSSR count). The molecule has 1 saturated heterocycles. The highest BCUT2D eigenvalue weighted by molar-refractivity contribution is 8.14. The lowest BCUT2D eigenvalue weighted by Gasteiger charge is -2.16. The maximum absolute atomic E-state index is 11.9. The van der Waals surface area contributed by atoms with E-state index in [-0.39, 0.29) is 22.0 Å². The van der Waals surface area contributed by atoms with Crippen molar-refractivity contribution in [1.29, 1.82) is 5.26 Å². The second-order valence-electron chi connectivity index (χ2n) is 3.95. The van der Waals surface area contributed by atoms with Crippen molar-refractivity contribution in [1.82, 2.24) is 4.98 Å². The zero-order valence-electron chi connectivity index (χ0n) is 9.79. The van der Waals surface area contributed by atoms with Gasteiger partial charge in [0.2, 0.25) is 5.91 Å². The Kier molecular flexibility index (Phi) is 3.63. The molecule has 0 aliphatic carbocycles. The molecule has 6 heteroatoms. The van der Waals surface area contributed by atoms with E-state index in [1.54, 1.807) is 17.0 Å². The average molecular weight is 261 g/mol. The molecule has 18 heavy (non-hydrogen) atoms. The van der Waals surface area contributed by atoms with Gasteiger partial charge in [-0.25, -0.2) is 4.98 Å². The molecule has 0 radical (unpaired) electrons. The lowest BCUT2D eigenvalue weighted by molar-refractivity contribution is -0.117. The number of carbonyl (C=O) groups is 2. The molecule has 1 atom stereocenters. The highest BCUT2D eigenvalue weighted by Gasteiger charge is 2.31. The summed E-state index contributed by atoms with van der Waals surface area (Å²) in [5.41, 5.74) is 0.946. The van der Waals surface area contributed by atoms with Crippen LogP contribution >= 0.6 is 11.8 Å². The maximum Gasteiger partial charge on any atom is 0.228 e. The number of aromatic nitrogens is 1. The van der Waals surface area contributed by atoms with Crippen molar-refractivity contribution >= 4 is 28.5 Å². The van der Waals surface area contributed by atoms with Crippen molar-refractivity contribution in [2.24, 2.45) is 0 Å². The number of carbonyl (C=O) groups excluding carboxylic acids is 2. The average Bonchev–Trinajstić information content (AvgIpc) is 2.69. The van der Waals surface area contributed by atoms with Crippen LogP contribution in [-0.2, 0) is 9.59 Å². The Bertz CT molecular complexity index is 538. The van der Waals surface area contributed by atoms with E-state index in [9.17, 15) is 9.59 Å². The zero-order chi connectivity index (χ0) is 13.1. The summed E-state index contributed by atoms with van der Waals surface area (Å²) in [6.07, 6.45) is 1.86. The summed E-state index contributed by atoms with van der Waals surface area (Å²) in [6, 6.07) is 5.22. The maximum atomic E-state index is 11.9. The van der Waals surface area contributed by atoms with Gasteiger partial charge in [0.1, 0.15) is 11.8 Å². The molecule has 0 spiro atoms. The van der Waals surface area contributed by atoms with Gasteiger partial charge in [-0.1, -0.05) is 11.8 Å². The number of hydrogen-bond donors (Lipinski definition) is 0. The van der Waals surface area contributed by atoms with Crippen molar-refractivity contribution in [3.63, 3.8) is 0 Å². The summed E-state index contributed by atoms with van der Waals surface area (Å²) < 4.78 is 0. The van der Waals surface area contributed by atoms with Gasteiger partial charge in [0.25, 0.3) is 0 Å². The molecule has 1 fully saturated rings. The highest BCUT2D eigenvalue weighted by Crippen LogP contribution is 2.28. The van der Waals surface area contributed by atoms with Crippen molar-refractivity contribution in [2.45, 2.75) is 18.6 Å². The number of nitriles is 1. The van der Waals surface area contributed by atoms with Gasteiger partial charge in [0.05, 0.1) is 0 Å². The summed E-state index contributed by atoms with van der Waals surface area (Å²) in [4.78, 5) is 28.4. The number of rotatable bonds is 2. The molecular weight excluding hydrogens is 250 g/mol. The first-order valence-electron chi connectivity index (χ1n) is 5.44. The van der Waals surface area contributed by atoms with Crippen LogP contribution in [0.1, 0.15) is 19.0 Å². The van der Waals surface area contributed by atoms with E-state index >= 15 is 0 Å². The summed E-state index contributed by atoms with van der Waals surface area (Å²) in [6.45, 7) is 2.00. The van der Waals surface area contributed by atoms with Crippen LogP contribution in [0, 0.1) is 11.3 Å². The van der Waals surface area contributed by atoms with Crippen molar-refractivity contribution < 1.29 is 9.59 Å². The van der Waals surface area contributed by atoms with E-state index in [0.717, 1.165) is 0 Å². The smallest absolute Gasteiger partial charge is 0.228 e. The Morgan fingerprint density at radius 2 is 2.44 bits per heavy atom. The van der Waals surface area contributed by atoms with Gasteiger partial charge in [-0.05, 0) is 12.1 Å². The minimum absolute atomic E-state index is 0.00583. The molecular formula is C12H11N3O2S. The molecule has 0 saturated carbocycles. The van der Waals surface area contributed by atoms with E-state index < -0.39 is 0 Å². The largest absolute Gasteiger partial charge is 0.311 e. The van der Waals surface area contributed by atoms with Gasteiger partial charge in [0.15, 0.2) is 5.12 Å². The predicted molar refractivity (Wildman–Crippen MR) is 68.0 cm³/mol. The lowest BCUT2D eigenvalue weighted by Crippen LogP contribution is -2.25. The van der Waals surface area contributed by atoms with Crippen LogP contribution in [0.5, 0.6) is 0 Å². The number of amides is 1.